The number of aliphatic hydroxyl groups is 1. The Morgan fingerprint density at radius 3 is 2.57 bits per heavy atom. The lowest BCUT2D eigenvalue weighted by atomic mass is 9.81. The molecule has 74 valence electrons. The minimum absolute atomic E-state index is 0.176. The number of hydrogen-bond acceptors (Lipinski definition) is 2. The van der Waals surface area contributed by atoms with Crippen molar-refractivity contribution in [3.63, 3.8) is 0 Å². The first-order chi connectivity index (χ1) is 6.79. The highest BCUT2D eigenvalue weighted by molar-refractivity contribution is 5.87. The molecule has 1 aliphatic rings. The van der Waals surface area contributed by atoms with Crippen LogP contribution in [0.4, 0.5) is 0 Å². The van der Waals surface area contributed by atoms with Gasteiger partial charge in [0.25, 0.3) is 0 Å². The van der Waals surface area contributed by atoms with Gasteiger partial charge in [0.2, 0.25) is 0 Å². The maximum absolute atomic E-state index is 11.6. The lowest BCUT2D eigenvalue weighted by Crippen LogP contribution is -2.30. The van der Waals surface area contributed by atoms with Gasteiger partial charge in [-0.25, -0.2) is 0 Å². The summed E-state index contributed by atoms with van der Waals surface area (Å²) in [7, 11) is 0. The first kappa shape index (κ1) is 9.41. The van der Waals surface area contributed by atoms with Crippen molar-refractivity contribution in [1.82, 2.24) is 0 Å². The van der Waals surface area contributed by atoms with Gasteiger partial charge in [0.05, 0.1) is 12.0 Å². The number of benzene rings is 1. The van der Waals surface area contributed by atoms with E-state index in [-0.39, 0.29) is 11.7 Å². The highest BCUT2D eigenvalue weighted by Crippen LogP contribution is 2.29. The molecule has 0 saturated heterocycles. The zero-order valence-electron chi connectivity index (χ0n) is 8.02. The second-order valence-electron chi connectivity index (χ2n) is 3.81. The number of ketones is 1. The van der Waals surface area contributed by atoms with Crippen molar-refractivity contribution in [2.24, 2.45) is 0 Å². The molecular formula is C12H14O2. The SMILES string of the molecule is O=C1CCCC(O)[C@H]1c1ccccc1. The number of aliphatic hydroxyl groups excluding tert-OH is 1. The molecule has 1 aliphatic carbocycles. The van der Waals surface area contributed by atoms with E-state index in [1.54, 1.807) is 0 Å². The van der Waals surface area contributed by atoms with Gasteiger partial charge in [0.15, 0.2) is 0 Å². The number of carbonyl (C=O) groups is 1. The number of rotatable bonds is 1. The molecule has 0 aromatic heterocycles. The van der Waals surface area contributed by atoms with E-state index in [4.69, 9.17) is 0 Å². The minimum Gasteiger partial charge on any atom is -0.392 e. The zero-order valence-corrected chi connectivity index (χ0v) is 8.02. The Kier molecular flexibility index (Phi) is 2.64. The van der Waals surface area contributed by atoms with Crippen LogP contribution in [0.5, 0.6) is 0 Å². The first-order valence-electron chi connectivity index (χ1n) is 5.05. The summed E-state index contributed by atoms with van der Waals surface area (Å²) in [5, 5.41) is 9.77. The third kappa shape index (κ3) is 1.70. The summed E-state index contributed by atoms with van der Waals surface area (Å²) in [4.78, 5) is 11.6. The molecule has 1 N–H and O–H groups in total. The van der Waals surface area contributed by atoms with E-state index in [9.17, 15) is 9.90 Å². The van der Waals surface area contributed by atoms with Crippen LogP contribution in [-0.2, 0) is 4.79 Å². The van der Waals surface area contributed by atoms with Crippen molar-refractivity contribution in [3.8, 4) is 0 Å². The smallest absolute Gasteiger partial charge is 0.142 e. The minimum atomic E-state index is -0.487. The van der Waals surface area contributed by atoms with Crippen molar-refractivity contribution in [3.05, 3.63) is 35.9 Å². The Morgan fingerprint density at radius 1 is 1.21 bits per heavy atom. The molecule has 1 saturated carbocycles. The maximum Gasteiger partial charge on any atom is 0.142 e. The van der Waals surface area contributed by atoms with Crippen LogP contribution in [0.1, 0.15) is 30.7 Å². The molecule has 0 bridgehead atoms. The topological polar surface area (TPSA) is 37.3 Å². The van der Waals surface area contributed by atoms with E-state index in [0.29, 0.717) is 6.42 Å². The van der Waals surface area contributed by atoms with Gasteiger partial charge in [0.1, 0.15) is 5.78 Å². The molecule has 2 nitrogen and oxygen atoms in total. The van der Waals surface area contributed by atoms with Gasteiger partial charge < -0.3 is 5.11 Å². The first-order valence-corrected chi connectivity index (χ1v) is 5.05. The summed E-state index contributed by atoms with van der Waals surface area (Å²) in [6.45, 7) is 0. The Hall–Kier alpha value is -1.15. The van der Waals surface area contributed by atoms with Crippen LogP contribution in [0.3, 0.4) is 0 Å². The maximum atomic E-state index is 11.6. The van der Waals surface area contributed by atoms with Crippen LogP contribution < -0.4 is 0 Å². The van der Waals surface area contributed by atoms with Crippen molar-refractivity contribution >= 4 is 5.78 Å². The van der Waals surface area contributed by atoms with Crippen molar-refractivity contribution in [1.29, 1.82) is 0 Å². The summed E-state index contributed by atoms with van der Waals surface area (Å²) >= 11 is 0. The third-order valence-electron chi connectivity index (χ3n) is 2.81. The summed E-state index contributed by atoms with van der Waals surface area (Å²) in [6, 6.07) is 9.56. The second-order valence-corrected chi connectivity index (χ2v) is 3.81. The molecule has 2 rings (SSSR count). The largest absolute Gasteiger partial charge is 0.392 e. The summed E-state index contributed by atoms with van der Waals surface area (Å²) in [6.07, 6.45) is 1.68. The van der Waals surface area contributed by atoms with Gasteiger partial charge in [-0.2, -0.15) is 0 Å². The predicted molar refractivity (Wildman–Crippen MR) is 54.0 cm³/mol. The van der Waals surface area contributed by atoms with Crippen LogP contribution in [-0.4, -0.2) is 17.0 Å². The highest BCUT2D eigenvalue weighted by Gasteiger charge is 2.31. The molecule has 0 radical (unpaired) electrons. The predicted octanol–water partition coefficient (Wildman–Crippen LogP) is 1.88. The Labute approximate surface area is 83.6 Å². The average Bonchev–Trinajstić information content (AvgIpc) is 2.19. The van der Waals surface area contributed by atoms with Gasteiger partial charge in [-0.3, -0.25) is 4.79 Å². The van der Waals surface area contributed by atoms with Crippen LogP contribution in [0.25, 0.3) is 0 Å². The fourth-order valence-electron chi connectivity index (χ4n) is 2.09. The summed E-state index contributed by atoms with van der Waals surface area (Å²) in [5.74, 6) is -0.111. The molecule has 0 spiro atoms. The quantitative estimate of drug-likeness (QED) is 0.734. The number of hydrogen-bond donors (Lipinski definition) is 1. The Morgan fingerprint density at radius 2 is 1.93 bits per heavy atom. The van der Waals surface area contributed by atoms with E-state index in [1.165, 1.54) is 0 Å². The van der Waals surface area contributed by atoms with Crippen LogP contribution in [0, 0.1) is 0 Å². The van der Waals surface area contributed by atoms with E-state index >= 15 is 0 Å². The van der Waals surface area contributed by atoms with Gasteiger partial charge in [-0.05, 0) is 18.4 Å². The fraction of sp³-hybridized carbons (Fsp3) is 0.417. The molecule has 0 heterocycles. The van der Waals surface area contributed by atoms with Crippen molar-refractivity contribution < 1.29 is 9.90 Å². The van der Waals surface area contributed by atoms with E-state index < -0.39 is 6.10 Å². The lowest BCUT2D eigenvalue weighted by molar-refractivity contribution is -0.125. The summed E-state index contributed by atoms with van der Waals surface area (Å²) < 4.78 is 0. The molecule has 1 aromatic rings. The van der Waals surface area contributed by atoms with Gasteiger partial charge in [0, 0.05) is 6.42 Å². The van der Waals surface area contributed by atoms with Gasteiger partial charge in [-0.1, -0.05) is 30.3 Å². The number of Topliss-reactive ketones (excluding diaryl/α,β-unsaturated/α-hetero) is 1. The lowest BCUT2D eigenvalue weighted by Gasteiger charge is -2.26. The normalized spacial score (nSPS) is 27.6. The van der Waals surface area contributed by atoms with Gasteiger partial charge >= 0.3 is 0 Å². The standard InChI is InChI=1S/C12H14O2/c13-10-7-4-8-11(14)12(10)9-5-2-1-3-6-9/h1-3,5-6,10,12-13H,4,7-8H2/t10?,12-/m1/s1. The molecule has 1 fully saturated rings. The number of carbonyl (C=O) groups excluding carboxylic acids is 1. The molecule has 0 amide bonds. The van der Waals surface area contributed by atoms with E-state index in [2.05, 4.69) is 0 Å². The summed E-state index contributed by atoms with van der Waals surface area (Å²) in [5.41, 5.74) is 0.949. The highest BCUT2D eigenvalue weighted by atomic mass is 16.3. The molecule has 14 heavy (non-hydrogen) atoms. The molecule has 2 atom stereocenters. The van der Waals surface area contributed by atoms with Crippen molar-refractivity contribution in [2.45, 2.75) is 31.3 Å². The molecule has 1 unspecified atom stereocenters. The van der Waals surface area contributed by atoms with Crippen LogP contribution in [0.2, 0.25) is 0 Å². The third-order valence-corrected chi connectivity index (χ3v) is 2.81. The molecule has 2 heteroatoms. The molecule has 1 aromatic carbocycles. The fourth-order valence-corrected chi connectivity index (χ4v) is 2.09. The van der Waals surface area contributed by atoms with Gasteiger partial charge in [-0.15, -0.1) is 0 Å². The van der Waals surface area contributed by atoms with E-state index in [1.807, 2.05) is 30.3 Å². The van der Waals surface area contributed by atoms with E-state index in [0.717, 1.165) is 18.4 Å². The van der Waals surface area contributed by atoms with Crippen LogP contribution >= 0.6 is 0 Å². The Balaban J connectivity index is 2.27. The van der Waals surface area contributed by atoms with Crippen LogP contribution in [0.15, 0.2) is 30.3 Å². The molecular weight excluding hydrogens is 176 g/mol. The monoisotopic (exact) mass is 190 g/mol. The Bertz CT molecular complexity index is 318. The second kappa shape index (κ2) is 3.93. The average molecular weight is 190 g/mol. The zero-order chi connectivity index (χ0) is 9.97. The molecule has 0 aliphatic heterocycles. The van der Waals surface area contributed by atoms with Crippen molar-refractivity contribution in [2.75, 3.05) is 0 Å².